The van der Waals surface area contributed by atoms with Gasteiger partial charge in [0.05, 0.1) is 6.10 Å². The second-order valence-electron chi connectivity index (χ2n) is 5.42. The van der Waals surface area contributed by atoms with Gasteiger partial charge in [0.25, 0.3) is 0 Å². The fraction of sp³-hybridized carbons (Fsp3) is 0.571. The van der Waals surface area contributed by atoms with Crippen LogP contribution in [0.15, 0.2) is 12.1 Å². The summed E-state index contributed by atoms with van der Waals surface area (Å²) in [6.45, 7) is 3.80. The van der Waals surface area contributed by atoms with Gasteiger partial charge in [-0.05, 0) is 48.9 Å². The molecular formula is C14H19NO2. The SMILES string of the molecule is Cc1cc(O)c2c(c1)CC(N1CCC(O)C1)C2. The average Bonchev–Trinajstić information content (AvgIpc) is 2.83. The van der Waals surface area contributed by atoms with Gasteiger partial charge in [-0.25, -0.2) is 0 Å². The molecular weight excluding hydrogens is 214 g/mol. The highest BCUT2D eigenvalue weighted by Crippen LogP contribution is 2.34. The highest BCUT2D eigenvalue weighted by atomic mass is 16.3. The quantitative estimate of drug-likeness (QED) is 0.767. The molecule has 1 aromatic rings. The molecule has 17 heavy (non-hydrogen) atoms. The van der Waals surface area contributed by atoms with E-state index in [1.165, 1.54) is 5.56 Å². The maximum absolute atomic E-state index is 9.96. The van der Waals surface area contributed by atoms with Crippen LogP contribution in [0.3, 0.4) is 0 Å². The van der Waals surface area contributed by atoms with Crippen LogP contribution in [-0.2, 0) is 12.8 Å². The molecule has 0 radical (unpaired) electrons. The summed E-state index contributed by atoms with van der Waals surface area (Å²) in [5, 5.41) is 19.5. The lowest BCUT2D eigenvalue weighted by Gasteiger charge is -2.22. The van der Waals surface area contributed by atoms with Crippen molar-refractivity contribution in [2.24, 2.45) is 0 Å². The number of aromatic hydroxyl groups is 1. The monoisotopic (exact) mass is 233 g/mol. The lowest BCUT2D eigenvalue weighted by molar-refractivity contribution is 0.160. The van der Waals surface area contributed by atoms with Crippen LogP contribution in [0.4, 0.5) is 0 Å². The van der Waals surface area contributed by atoms with Gasteiger partial charge < -0.3 is 10.2 Å². The molecule has 1 aliphatic carbocycles. The van der Waals surface area contributed by atoms with Crippen molar-refractivity contribution in [1.29, 1.82) is 0 Å². The Morgan fingerprint density at radius 2 is 2.12 bits per heavy atom. The zero-order valence-electron chi connectivity index (χ0n) is 10.2. The maximum Gasteiger partial charge on any atom is 0.119 e. The number of β-amino-alcohol motifs (C(OH)–C–C–N with tert-alkyl or cyclic N) is 1. The Bertz CT molecular complexity index is 444. The third kappa shape index (κ3) is 1.94. The molecule has 1 heterocycles. The third-order valence-corrected chi connectivity index (χ3v) is 4.07. The molecule has 0 bridgehead atoms. The van der Waals surface area contributed by atoms with Gasteiger partial charge in [0, 0.05) is 19.1 Å². The largest absolute Gasteiger partial charge is 0.508 e. The van der Waals surface area contributed by atoms with E-state index in [2.05, 4.69) is 11.0 Å². The van der Waals surface area contributed by atoms with Crippen LogP contribution < -0.4 is 0 Å². The second kappa shape index (κ2) is 4.00. The Morgan fingerprint density at radius 3 is 2.82 bits per heavy atom. The number of phenolic OH excluding ortho intramolecular Hbond substituents is 1. The number of rotatable bonds is 1. The first-order valence-corrected chi connectivity index (χ1v) is 6.37. The topological polar surface area (TPSA) is 43.7 Å². The number of hydrogen-bond acceptors (Lipinski definition) is 3. The molecule has 92 valence electrons. The first-order valence-electron chi connectivity index (χ1n) is 6.37. The van der Waals surface area contributed by atoms with Crippen LogP contribution in [0.1, 0.15) is 23.1 Å². The van der Waals surface area contributed by atoms with Crippen LogP contribution in [0.2, 0.25) is 0 Å². The minimum absolute atomic E-state index is 0.158. The Hall–Kier alpha value is -1.06. The summed E-state index contributed by atoms with van der Waals surface area (Å²) in [6.07, 6.45) is 2.66. The Morgan fingerprint density at radius 1 is 1.29 bits per heavy atom. The molecule has 2 N–H and O–H groups in total. The predicted molar refractivity (Wildman–Crippen MR) is 66.2 cm³/mol. The summed E-state index contributed by atoms with van der Waals surface area (Å²) in [6, 6.07) is 4.50. The lowest BCUT2D eigenvalue weighted by atomic mass is 10.1. The highest BCUT2D eigenvalue weighted by molar-refractivity contribution is 5.46. The number of likely N-dealkylation sites (tertiary alicyclic amines) is 1. The second-order valence-corrected chi connectivity index (χ2v) is 5.42. The number of nitrogens with zero attached hydrogens (tertiary/aromatic N) is 1. The molecule has 3 rings (SSSR count). The summed E-state index contributed by atoms with van der Waals surface area (Å²) in [5.41, 5.74) is 3.53. The van der Waals surface area contributed by atoms with Crippen molar-refractivity contribution in [1.82, 2.24) is 4.90 Å². The van der Waals surface area contributed by atoms with Crippen molar-refractivity contribution >= 4 is 0 Å². The van der Waals surface area contributed by atoms with Gasteiger partial charge in [0.2, 0.25) is 0 Å². The van der Waals surface area contributed by atoms with Crippen molar-refractivity contribution < 1.29 is 10.2 Å². The Labute approximate surface area is 102 Å². The van der Waals surface area contributed by atoms with Crippen LogP contribution in [0, 0.1) is 6.92 Å². The van der Waals surface area contributed by atoms with Gasteiger partial charge in [0.15, 0.2) is 0 Å². The zero-order valence-corrected chi connectivity index (χ0v) is 10.2. The summed E-state index contributed by atoms with van der Waals surface area (Å²) in [4.78, 5) is 2.36. The number of aliphatic hydroxyl groups is 1. The fourth-order valence-corrected chi connectivity index (χ4v) is 3.21. The van der Waals surface area contributed by atoms with Crippen molar-refractivity contribution in [3.8, 4) is 5.75 Å². The predicted octanol–water partition coefficient (Wildman–Crippen LogP) is 1.23. The summed E-state index contributed by atoms with van der Waals surface area (Å²) in [5.74, 6) is 0.447. The molecule has 1 saturated heterocycles. The average molecular weight is 233 g/mol. The summed E-state index contributed by atoms with van der Waals surface area (Å²) >= 11 is 0. The molecule has 1 fully saturated rings. The van der Waals surface area contributed by atoms with E-state index in [9.17, 15) is 10.2 Å². The molecule has 1 aliphatic heterocycles. The molecule has 0 spiro atoms. The van der Waals surface area contributed by atoms with Gasteiger partial charge in [-0.15, -0.1) is 0 Å². The number of benzene rings is 1. The molecule has 2 unspecified atom stereocenters. The number of fused-ring (bicyclic) bond motifs is 1. The van der Waals surface area contributed by atoms with Crippen LogP contribution in [0.5, 0.6) is 5.75 Å². The van der Waals surface area contributed by atoms with E-state index < -0.39 is 0 Å². The van der Waals surface area contributed by atoms with E-state index in [0.29, 0.717) is 11.8 Å². The van der Waals surface area contributed by atoms with E-state index in [0.717, 1.165) is 43.5 Å². The van der Waals surface area contributed by atoms with Gasteiger partial charge in [-0.1, -0.05) is 6.07 Å². The lowest BCUT2D eigenvalue weighted by Crippen LogP contribution is -2.34. The first kappa shape index (κ1) is 11.1. The van der Waals surface area contributed by atoms with E-state index in [1.807, 2.05) is 13.0 Å². The van der Waals surface area contributed by atoms with E-state index >= 15 is 0 Å². The number of hydrogen-bond donors (Lipinski definition) is 2. The Balaban J connectivity index is 1.81. The van der Waals surface area contributed by atoms with Crippen molar-refractivity contribution in [2.75, 3.05) is 13.1 Å². The van der Waals surface area contributed by atoms with Gasteiger partial charge in [-0.3, -0.25) is 4.90 Å². The molecule has 0 saturated carbocycles. The molecule has 2 aliphatic rings. The molecule has 2 atom stereocenters. The normalized spacial score (nSPS) is 28.6. The highest BCUT2D eigenvalue weighted by Gasteiger charge is 2.32. The van der Waals surface area contributed by atoms with E-state index in [4.69, 9.17) is 0 Å². The Kier molecular flexibility index (Phi) is 2.60. The molecule has 0 aromatic heterocycles. The molecule has 3 heteroatoms. The standard InChI is InChI=1S/C14H19NO2/c1-9-4-10-6-11(7-13(10)14(17)5-9)15-3-2-12(16)8-15/h4-5,11-12,16-17H,2-3,6-8H2,1H3. The van der Waals surface area contributed by atoms with Crippen LogP contribution in [0.25, 0.3) is 0 Å². The summed E-state index contributed by atoms with van der Waals surface area (Å²) < 4.78 is 0. The number of phenols is 1. The van der Waals surface area contributed by atoms with Gasteiger partial charge in [0.1, 0.15) is 5.75 Å². The minimum Gasteiger partial charge on any atom is -0.508 e. The van der Waals surface area contributed by atoms with Gasteiger partial charge >= 0.3 is 0 Å². The van der Waals surface area contributed by atoms with Crippen LogP contribution in [-0.4, -0.2) is 40.3 Å². The summed E-state index contributed by atoms with van der Waals surface area (Å²) in [7, 11) is 0. The molecule has 0 amide bonds. The van der Waals surface area contributed by atoms with Crippen molar-refractivity contribution in [2.45, 2.75) is 38.3 Å². The maximum atomic E-state index is 9.96. The smallest absolute Gasteiger partial charge is 0.119 e. The fourth-order valence-electron chi connectivity index (χ4n) is 3.21. The van der Waals surface area contributed by atoms with E-state index in [-0.39, 0.29) is 6.10 Å². The minimum atomic E-state index is -0.158. The number of aliphatic hydroxyl groups excluding tert-OH is 1. The molecule has 1 aromatic carbocycles. The first-order chi connectivity index (χ1) is 8.13. The third-order valence-electron chi connectivity index (χ3n) is 4.07. The van der Waals surface area contributed by atoms with E-state index in [1.54, 1.807) is 0 Å². The van der Waals surface area contributed by atoms with Crippen molar-refractivity contribution in [3.63, 3.8) is 0 Å². The van der Waals surface area contributed by atoms with Gasteiger partial charge in [-0.2, -0.15) is 0 Å². The zero-order chi connectivity index (χ0) is 12.0. The number of aryl methyl sites for hydroxylation is 1. The van der Waals surface area contributed by atoms with Crippen LogP contribution >= 0.6 is 0 Å². The van der Waals surface area contributed by atoms with Crippen molar-refractivity contribution in [3.05, 3.63) is 28.8 Å². The molecule has 3 nitrogen and oxygen atoms in total.